The number of likely N-dealkylation sites (N-methyl/N-ethyl adjacent to an activating group) is 1. The lowest BCUT2D eigenvalue weighted by Gasteiger charge is -2.51. The highest BCUT2D eigenvalue weighted by atomic mass is 16.5. The molecule has 0 unspecified atom stereocenters. The smallest absolute Gasteiger partial charge is 0.147 e. The topological polar surface area (TPSA) is 41.5 Å². The Morgan fingerprint density at radius 1 is 1.09 bits per heavy atom. The predicted octanol–water partition coefficient (Wildman–Crippen LogP) is 1.93. The lowest BCUT2D eigenvalue weighted by atomic mass is 9.86. The summed E-state index contributed by atoms with van der Waals surface area (Å²) in [7, 11) is 2.24. The van der Waals surface area contributed by atoms with Crippen LogP contribution in [0.25, 0.3) is 11.0 Å². The molecule has 2 aliphatic rings. The maximum atomic E-state index is 5.57. The van der Waals surface area contributed by atoms with E-state index in [2.05, 4.69) is 21.8 Å². The molecule has 0 atom stereocenters. The molecule has 2 aliphatic heterocycles. The van der Waals surface area contributed by atoms with E-state index in [-0.39, 0.29) is 5.54 Å². The summed E-state index contributed by atoms with van der Waals surface area (Å²) in [6, 6.07) is 8.07. The molecule has 22 heavy (non-hydrogen) atoms. The summed E-state index contributed by atoms with van der Waals surface area (Å²) >= 11 is 0. The summed E-state index contributed by atoms with van der Waals surface area (Å²) in [5.74, 6) is 0.998. The molecule has 1 aromatic carbocycles. The van der Waals surface area contributed by atoms with Gasteiger partial charge in [-0.05, 0) is 32.0 Å². The minimum Gasteiger partial charge on any atom is -0.381 e. The molecule has 5 nitrogen and oxygen atoms in total. The van der Waals surface area contributed by atoms with Crippen molar-refractivity contribution in [2.45, 2.75) is 18.4 Å². The average Bonchev–Trinajstić information content (AvgIpc) is 2.58. The number of anilines is 1. The van der Waals surface area contributed by atoms with Gasteiger partial charge in [-0.2, -0.15) is 0 Å². The zero-order valence-electron chi connectivity index (χ0n) is 13.0. The van der Waals surface area contributed by atoms with Gasteiger partial charge in [0.15, 0.2) is 0 Å². The molecule has 0 aliphatic carbocycles. The third-order valence-corrected chi connectivity index (χ3v) is 5.18. The highest BCUT2D eigenvalue weighted by molar-refractivity contribution is 5.75. The Morgan fingerprint density at radius 3 is 2.68 bits per heavy atom. The molecule has 0 radical (unpaired) electrons. The van der Waals surface area contributed by atoms with Crippen molar-refractivity contribution in [1.82, 2.24) is 14.9 Å². The largest absolute Gasteiger partial charge is 0.381 e. The first kappa shape index (κ1) is 13.9. The highest BCUT2D eigenvalue weighted by Crippen LogP contribution is 2.32. The SMILES string of the molecule is CN1CCN(c2cnc3ccccc3n2)CC12CCOCC2. The summed E-state index contributed by atoms with van der Waals surface area (Å²) in [5, 5.41) is 0. The normalized spacial score (nSPS) is 22.3. The van der Waals surface area contributed by atoms with Crippen molar-refractivity contribution in [3.8, 4) is 0 Å². The first-order valence-corrected chi connectivity index (χ1v) is 8.03. The minimum atomic E-state index is 0.226. The number of nitrogens with zero attached hydrogens (tertiary/aromatic N) is 4. The second-order valence-corrected chi connectivity index (χ2v) is 6.40. The maximum absolute atomic E-state index is 5.57. The van der Waals surface area contributed by atoms with Crippen LogP contribution in [0.4, 0.5) is 5.82 Å². The predicted molar refractivity (Wildman–Crippen MR) is 87.2 cm³/mol. The van der Waals surface area contributed by atoms with Crippen LogP contribution in [0.1, 0.15) is 12.8 Å². The maximum Gasteiger partial charge on any atom is 0.147 e. The summed E-state index contributed by atoms with van der Waals surface area (Å²) in [4.78, 5) is 14.3. The molecule has 0 N–H and O–H groups in total. The zero-order chi connectivity index (χ0) is 15.0. The number of aromatic nitrogens is 2. The van der Waals surface area contributed by atoms with E-state index in [1.807, 2.05) is 30.5 Å². The fraction of sp³-hybridized carbons (Fsp3) is 0.529. The van der Waals surface area contributed by atoms with Gasteiger partial charge >= 0.3 is 0 Å². The first-order chi connectivity index (χ1) is 10.8. The molecule has 116 valence electrons. The quantitative estimate of drug-likeness (QED) is 0.805. The number of hydrogen-bond donors (Lipinski definition) is 0. The van der Waals surface area contributed by atoms with E-state index in [4.69, 9.17) is 9.72 Å². The molecule has 3 heterocycles. The van der Waals surface area contributed by atoms with Gasteiger partial charge in [-0.15, -0.1) is 0 Å². The van der Waals surface area contributed by atoms with Gasteiger partial charge < -0.3 is 9.64 Å². The van der Waals surface area contributed by atoms with Gasteiger partial charge in [-0.3, -0.25) is 9.88 Å². The second-order valence-electron chi connectivity index (χ2n) is 6.40. The number of hydrogen-bond acceptors (Lipinski definition) is 5. The molecule has 2 aromatic rings. The van der Waals surface area contributed by atoms with E-state index in [1.165, 1.54) is 0 Å². The third-order valence-electron chi connectivity index (χ3n) is 5.18. The number of rotatable bonds is 1. The molecule has 0 amide bonds. The second kappa shape index (κ2) is 5.48. The Kier molecular flexibility index (Phi) is 3.47. The van der Waals surface area contributed by atoms with Crippen LogP contribution in [0.2, 0.25) is 0 Å². The molecule has 0 saturated carbocycles. The van der Waals surface area contributed by atoms with Crippen molar-refractivity contribution >= 4 is 16.9 Å². The fourth-order valence-corrected chi connectivity index (χ4v) is 3.65. The Balaban J connectivity index is 1.63. The highest BCUT2D eigenvalue weighted by Gasteiger charge is 2.41. The van der Waals surface area contributed by atoms with Crippen molar-refractivity contribution in [3.63, 3.8) is 0 Å². The zero-order valence-corrected chi connectivity index (χ0v) is 13.0. The van der Waals surface area contributed by atoms with E-state index in [9.17, 15) is 0 Å². The fourth-order valence-electron chi connectivity index (χ4n) is 3.65. The molecule has 4 rings (SSSR count). The number of piperazine rings is 1. The van der Waals surface area contributed by atoms with Gasteiger partial charge in [-0.25, -0.2) is 4.98 Å². The monoisotopic (exact) mass is 298 g/mol. The summed E-state index contributed by atoms with van der Waals surface area (Å²) < 4.78 is 5.57. The molecule has 1 aromatic heterocycles. The van der Waals surface area contributed by atoms with E-state index in [0.29, 0.717) is 0 Å². The Labute approximate surface area is 130 Å². The lowest BCUT2D eigenvalue weighted by Crippen LogP contribution is -2.63. The van der Waals surface area contributed by atoms with Crippen LogP contribution in [0.3, 0.4) is 0 Å². The number of ether oxygens (including phenoxy) is 1. The molecule has 1 spiro atoms. The van der Waals surface area contributed by atoms with Crippen molar-refractivity contribution < 1.29 is 4.74 Å². The average molecular weight is 298 g/mol. The molecule has 5 heteroatoms. The van der Waals surface area contributed by atoms with E-state index in [1.54, 1.807) is 0 Å². The molecule has 2 saturated heterocycles. The van der Waals surface area contributed by atoms with E-state index >= 15 is 0 Å². The van der Waals surface area contributed by atoms with Gasteiger partial charge in [-0.1, -0.05) is 12.1 Å². The van der Waals surface area contributed by atoms with Crippen LogP contribution >= 0.6 is 0 Å². The van der Waals surface area contributed by atoms with Crippen LogP contribution < -0.4 is 4.90 Å². The summed E-state index contributed by atoms with van der Waals surface area (Å²) in [6.45, 7) is 4.81. The van der Waals surface area contributed by atoms with Crippen molar-refractivity contribution in [2.24, 2.45) is 0 Å². The summed E-state index contributed by atoms with van der Waals surface area (Å²) in [6.07, 6.45) is 4.11. The standard InChI is InChI=1S/C17H22N4O/c1-20-8-9-21(13-17(20)6-10-22-11-7-17)16-12-18-14-4-2-3-5-15(14)19-16/h2-5,12H,6-11,13H2,1H3. The van der Waals surface area contributed by atoms with Gasteiger partial charge in [0, 0.05) is 38.4 Å². The van der Waals surface area contributed by atoms with Crippen LogP contribution in [-0.2, 0) is 4.74 Å². The Morgan fingerprint density at radius 2 is 1.86 bits per heavy atom. The van der Waals surface area contributed by atoms with Crippen molar-refractivity contribution in [3.05, 3.63) is 30.5 Å². The summed E-state index contributed by atoms with van der Waals surface area (Å²) in [5.41, 5.74) is 2.16. The Hall–Kier alpha value is -1.72. The van der Waals surface area contributed by atoms with Crippen molar-refractivity contribution in [1.29, 1.82) is 0 Å². The lowest BCUT2D eigenvalue weighted by molar-refractivity contribution is -0.0221. The third kappa shape index (κ3) is 2.34. The Bertz CT molecular complexity index is 669. The van der Waals surface area contributed by atoms with Crippen LogP contribution in [0, 0.1) is 0 Å². The van der Waals surface area contributed by atoms with Gasteiger partial charge in [0.2, 0.25) is 0 Å². The van der Waals surface area contributed by atoms with Gasteiger partial charge in [0.05, 0.1) is 17.2 Å². The van der Waals surface area contributed by atoms with Crippen LogP contribution in [0.5, 0.6) is 0 Å². The van der Waals surface area contributed by atoms with E-state index in [0.717, 1.165) is 62.5 Å². The van der Waals surface area contributed by atoms with Gasteiger partial charge in [0.1, 0.15) is 5.82 Å². The molecule has 0 bridgehead atoms. The van der Waals surface area contributed by atoms with Crippen molar-refractivity contribution in [2.75, 3.05) is 44.8 Å². The number of para-hydroxylation sites is 2. The molecular weight excluding hydrogens is 276 g/mol. The molecule has 2 fully saturated rings. The minimum absolute atomic E-state index is 0.226. The molecular formula is C17H22N4O. The van der Waals surface area contributed by atoms with Crippen LogP contribution in [-0.4, -0.2) is 60.3 Å². The van der Waals surface area contributed by atoms with Crippen LogP contribution in [0.15, 0.2) is 30.5 Å². The van der Waals surface area contributed by atoms with E-state index < -0.39 is 0 Å². The number of fused-ring (bicyclic) bond motifs is 1. The van der Waals surface area contributed by atoms with Gasteiger partial charge in [0.25, 0.3) is 0 Å². The first-order valence-electron chi connectivity index (χ1n) is 8.03. The number of benzene rings is 1.